The zero-order valence-corrected chi connectivity index (χ0v) is 15.0. The molecule has 2 rings (SSSR count). The largest absolute Gasteiger partial charge is 0.313 e. The number of thiophene rings is 1. The maximum absolute atomic E-state index is 12.7. The monoisotopic (exact) mass is 330 g/mol. The van der Waals surface area contributed by atoms with Crippen LogP contribution in [0.15, 0.2) is 15.7 Å². The molecule has 2 heterocycles. The van der Waals surface area contributed by atoms with Gasteiger partial charge in [0.15, 0.2) is 0 Å². The summed E-state index contributed by atoms with van der Waals surface area (Å²) in [5.74, 6) is 0.438. The molecule has 0 aromatic carbocycles. The van der Waals surface area contributed by atoms with Crippen LogP contribution in [0.4, 0.5) is 0 Å². The van der Waals surface area contributed by atoms with Crippen molar-refractivity contribution in [2.24, 2.45) is 11.3 Å². The molecule has 1 N–H and O–H groups in total. The maximum atomic E-state index is 12.7. The van der Waals surface area contributed by atoms with Crippen molar-refractivity contribution in [3.05, 3.63) is 17.0 Å². The lowest BCUT2D eigenvalue weighted by atomic mass is 9.80. The molecular weight excluding hydrogens is 304 g/mol. The summed E-state index contributed by atoms with van der Waals surface area (Å²) in [5, 5.41) is 5.16. The Balaban J connectivity index is 2.10. The van der Waals surface area contributed by atoms with E-state index in [4.69, 9.17) is 0 Å². The molecule has 120 valence electrons. The number of nitrogens with zero attached hydrogens (tertiary/aromatic N) is 1. The Morgan fingerprint density at radius 2 is 2.14 bits per heavy atom. The van der Waals surface area contributed by atoms with Crippen molar-refractivity contribution >= 4 is 21.4 Å². The highest BCUT2D eigenvalue weighted by atomic mass is 32.2. The van der Waals surface area contributed by atoms with Crippen LogP contribution in [0.3, 0.4) is 0 Å². The maximum Gasteiger partial charge on any atom is 0.252 e. The Morgan fingerprint density at radius 3 is 2.71 bits per heavy atom. The van der Waals surface area contributed by atoms with Gasteiger partial charge < -0.3 is 5.32 Å². The van der Waals surface area contributed by atoms with Gasteiger partial charge in [0, 0.05) is 19.6 Å². The van der Waals surface area contributed by atoms with Gasteiger partial charge in [0.25, 0.3) is 10.0 Å². The Labute approximate surface area is 132 Å². The van der Waals surface area contributed by atoms with Crippen molar-refractivity contribution in [2.75, 3.05) is 19.6 Å². The van der Waals surface area contributed by atoms with Gasteiger partial charge >= 0.3 is 0 Å². The average molecular weight is 331 g/mol. The van der Waals surface area contributed by atoms with E-state index < -0.39 is 10.0 Å². The lowest BCUT2D eigenvalue weighted by Gasteiger charge is -2.26. The van der Waals surface area contributed by atoms with Crippen LogP contribution in [0.5, 0.6) is 0 Å². The lowest BCUT2D eigenvalue weighted by Crippen LogP contribution is -2.30. The summed E-state index contributed by atoms with van der Waals surface area (Å²) >= 11 is 1.33. The summed E-state index contributed by atoms with van der Waals surface area (Å²) in [4.78, 5) is 0. The molecule has 1 aromatic rings. The van der Waals surface area contributed by atoms with E-state index in [0.29, 0.717) is 23.2 Å². The van der Waals surface area contributed by atoms with Gasteiger partial charge in [0.1, 0.15) is 4.21 Å². The van der Waals surface area contributed by atoms with Gasteiger partial charge in [-0.2, -0.15) is 4.31 Å². The molecule has 1 saturated heterocycles. The van der Waals surface area contributed by atoms with E-state index in [9.17, 15) is 8.42 Å². The van der Waals surface area contributed by atoms with Crippen molar-refractivity contribution in [2.45, 2.75) is 44.9 Å². The van der Waals surface area contributed by atoms with E-state index in [-0.39, 0.29) is 5.41 Å². The Bertz CT molecular complexity index is 573. The summed E-state index contributed by atoms with van der Waals surface area (Å²) in [7, 11) is -3.31. The number of rotatable bonds is 5. The van der Waals surface area contributed by atoms with Gasteiger partial charge in [-0.15, -0.1) is 11.3 Å². The predicted molar refractivity (Wildman–Crippen MR) is 88.0 cm³/mol. The first kappa shape index (κ1) is 16.9. The second-order valence-corrected chi connectivity index (χ2v) is 9.85. The molecule has 21 heavy (non-hydrogen) atoms. The first-order valence-electron chi connectivity index (χ1n) is 7.53. The number of sulfonamides is 1. The fraction of sp³-hybridized carbons (Fsp3) is 0.733. The number of nitrogens with one attached hydrogen (secondary N) is 1. The smallest absolute Gasteiger partial charge is 0.252 e. The molecule has 0 saturated carbocycles. The van der Waals surface area contributed by atoms with Crippen LogP contribution in [-0.4, -0.2) is 32.4 Å². The summed E-state index contributed by atoms with van der Waals surface area (Å²) in [5.41, 5.74) is 1.21. The third-order valence-electron chi connectivity index (χ3n) is 4.18. The topological polar surface area (TPSA) is 49.4 Å². The highest BCUT2D eigenvalue weighted by Gasteiger charge is 2.38. The van der Waals surface area contributed by atoms with Gasteiger partial charge in [-0.25, -0.2) is 8.42 Å². The summed E-state index contributed by atoms with van der Waals surface area (Å²) in [6.07, 6.45) is 0.957. The molecule has 4 nitrogen and oxygen atoms in total. The fourth-order valence-corrected chi connectivity index (χ4v) is 5.49. The van der Waals surface area contributed by atoms with E-state index in [0.717, 1.165) is 25.1 Å². The van der Waals surface area contributed by atoms with Crippen molar-refractivity contribution in [3.63, 3.8) is 0 Å². The SMILES string of the molecule is CCNCc1csc(S(=O)(=O)N2CCC(C(C)(C)C)C2)c1. The molecule has 0 aliphatic carbocycles. The minimum atomic E-state index is -3.31. The van der Waals surface area contributed by atoms with Gasteiger partial charge in [0.2, 0.25) is 0 Å². The number of hydrogen-bond donors (Lipinski definition) is 1. The third-order valence-corrected chi connectivity index (χ3v) is 7.51. The fourth-order valence-electron chi connectivity index (χ4n) is 2.63. The predicted octanol–water partition coefficient (Wildman–Crippen LogP) is 2.91. The molecule has 1 fully saturated rings. The van der Waals surface area contributed by atoms with E-state index in [1.807, 2.05) is 18.4 Å². The van der Waals surface area contributed by atoms with E-state index in [1.165, 1.54) is 11.3 Å². The zero-order valence-electron chi connectivity index (χ0n) is 13.3. The highest BCUT2D eigenvalue weighted by molar-refractivity contribution is 7.91. The Kier molecular flexibility index (Phi) is 5.13. The highest BCUT2D eigenvalue weighted by Crippen LogP contribution is 2.36. The summed E-state index contributed by atoms with van der Waals surface area (Å²) < 4.78 is 27.6. The Hall–Kier alpha value is -0.430. The van der Waals surface area contributed by atoms with Crippen LogP contribution in [-0.2, 0) is 16.6 Å². The van der Waals surface area contributed by atoms with Crippen LogP contribution in [0.2, 0.25) is 0 Å². The average Bonchev–Trinajstić information content (AvgIpc) is 3.05. The second-order valence-electron chi connectivity index (χ2n) is 6.77. The molecule has 1 unspecified atom stereocenters. The number of hydrogen-bond acceptors (Lipinski definition) is 4. The van der Waals surface area contributed by atoms with E-state index in [1.54, 1.807) is 4.31 Å². The molecule has 0 bridgehead atoms. The molecule has 0 radical (unpaired) electrons. The van der Waals surface area contributed by atoms with Crippen molar-refractivity contribution < 1.29 is 8.42 Å². The minimum absolute atomic E-state index is 0.163. The van der Waals surface area contributed by atoms with Crippen LogP contribution in [0.25, 0.3) is 0 Å². The van der Waals surface area contributed by atoms with Crippen LogP contribution >= 0.6 is 11.3 Å². The van der Waals surface area contributed by atoms with Gasteiger partial charge in [0.05, 0.1) is 0 Å². The normalized spacial score (nSPS) is 21.0. The van der Waals surface area contributed by atoms with Crippen LogP contribution < -0.4 is 5.32 Å². The molecule has 1 aromatic heterocycles. The molecule has 1 aliphatic rings. The molecule has 6 heteroatoms. The first-order chi connectivity index (χ1) is 9.75. The Morgan fingerprint density at radius 1 is 1.43 bits per heavy atom. The van der Waals surface area contributed by atoms with Gasteiger partial charge in [-0.3, -0.25) is 0 Å². The van der Waals surface area contributed by atoms with E-state index in [2.05, 4.69) is 26.1 Å². The van der Waals surface area contributed by atoms with Crippen LogP contribution in [0.1, 0.15) is 39.7 Å². The molecule has 0 amide bonds. The zero-order chi connectivity index (χ0) is 15.7. The van der Waals surface area contributed by atoms with Crippen molar-refractivity contribution in [1.29, 1.82) is 0 Å². The minimum Gasteiger partial charge on any atom is -0.313 e. The first-order valence-corrected chi connectivity index (χ1v) is 9.85. The molecule has 1 aliphatic heterocycles. The standard InChI is InChI=1S/C15H26N2O2S2/c1-5-16-9-12-8-14(20-11-12)21(18,19)17-7-6-13(10-17)15(2,3)4/h8,11,13,16H,5-7,9-10H2,1-4H3. The molecular formula is C15H26N2O2S2. The second kappa shape index (κ2) is 6.36. The molecule has 0 spiro atoms. The van der Waals surface area contributed by atoms with Crippen LogP contribution in [0, 0.1) is 11.3 Å². The quantitative estimate of drug-likeness (QED) is 0.903. The lowest BCUT2D eigenvalue weighted by molar-refractivity contribution is 0.252. The van der Waals surface area contributed by atoms with Crippen molar-refractivity contribution in [3.8, 4) is 0 Å². The summed E-state index contributed by atoms with van der Waals surface area (Å²) in [6.45, 7) is 11.5. The van der Waals surface area contributed by atoms with Gasteiger partial charge in [-0.05, 0) is 41.3 Å². The van der Waals surface area contributed by atoms with Gasteiger partial charge in [-0.1, -0.05) is 27.7 Å². The summed E-state index contributed by atoms with van der Waals surface area (Å²) in [6, 6.07) is 1.81. The third kappa shape index (κ3) is 3.86. The van der Waals surface area contributed by atoms with Crippen molar-refractivity contribution in [1.82, 2.24) is 9.62 Å². The van der Waals surface area contributed by atoms with E-state index >= 15 is 0 Å². The molecule has 1 atom stereocenters.